The summed E-state index contributed by atoms with van der Waals surface area (Å²) in [7, 11) is 0. The molecular formula is C17H23NO5. The second-order valence-corrected chi connectivity index (χ2v) is 6.64. The fourth-order valence-corrected chi connectivity index (χ4v) is 2.46. The predicted molar refractivity (Wildman–Crippen MR) is 84.0 cm³/mol. The quantitative estimate of drug-likeness (QED) is 0.922. The molecule has 0 radical (unpaired) electrons. The van der Waals surface area contributed by atoms with Crippen LogP contribution in [0.1, 0.15) is 32.8 Å². The van der Waals surface area contributed by atoms with Crippen molar-refractivity contribution in [3.05, 3.63) is 35.9 Å². The number of nitrogens with zero attached hydrogens (tertiary/aromatic N) is 1. The molecule has 1 aromatic rings. The first-order valence-corrected chi connectivity index (χ1v) is 7.64. The van der Waals surface area contributed by atoms with Gasteiger partial charge < -0.3 is 14.6 Å². The van der Waals surface area contributed by atoms with E-state index in [4.69, 9.17) is 9.47 Å². The average Bonchev–Trinajstić information content (AvgIpc) is 2.89. The normalized spacial score (nSPS) is 21.3. The van der Waals surface area contributed by atoms with E-state index in [0.29, 0.717) is 6.61 Å². The number of aliphatic carboxylic acids is 1. The molecule has 1 N–H and O–H groups in total. The van der Waals surface area contributed by atoms with Crippen molar-refractivity contribution in [3.8, 4) is 0 Å². The molecule has 6 nitrogen and oxygen atoms in total. The number of hydrogen-bond donors (Lipinski definition) is 1. The summed E-state index contributed by atoms with van der Waals surface area (Å²) in [5.74, 6) is -1.04. The summed E-state index contributed by atoms with van der Waals surface area (Å²) in [6, 6.07) is 8.72. The van der Waals surface area contributed by atoms with Crippen LogP contribution < -0.4 is 0 Å². The van der Waals surface area contributed by atoms with E-state index < -0.39 is 23.7 Å². The molecule has 1 amide bonds. The molecule has 0 aliphatic carbocycles. The van der Waals surface area contributed by atoms with Crippen LogP contribution in [0.15, 0.2) is 30.3 Å². The van der Waals surface area contributed by atoms with Gasteiger partial charge in [-0.2, -0.15) is 0 Å². The number of hydrogen-bond acceptors (Lipinski definition) is 4. The Labute approximate surface area is 136 Å². The number of likely N-dealkylation sites (tertiary alicyclic amines) is 1. The smallest absolute Gasteiger partial charge is 0.411 e. The van der Waals surface area contributed by atoms with Gasteiger partial charge in [-0.05, 0) is 26.3 Å². The van der Waals surface area contributed by atoms with Gasteiger partial charge in [-0.15, -0.1) is 0 Å². The van der Waals surface area contributed by atoms with Crippen molar-refractivity contribution in [2.75, 3.05) is 6.54 Å². The van der Waals surface area contributed by atoms with E-state index in [-0.39, 0.29) is 19.1 Å². The van der Waals surface area contributed by atoms with Crippen LogP contribution in [0.2, 0.25) is 0 Å². The van der Waals surface area contributed by atoms with Gasteiger partial charge in [0.05, 0.1) is 19.3 Å². The molecule has 1 fully saturated rings. The lowest BCUT2D eigenvalue weighted by Crippen LogP contribution is -2.43. The third-order valence-electron chi connectivity index (χ3n) is 3.50. The summed E-state index contributed by atoms with van der Waals surface area (Å²) in [6.45, 7) is 5.86. The molecule has 0 spiro atoms. The number of rotatable bonds is 4. The molecule has 1 saturated heterocycles. The van der Waals surface area contributed by atoms with Crippen molar-refractivity contribution < 1.29 is 24.2 Å². The molecule has 0 aromatic heterocycles. The molecule has 2 rings (SSSR count). The van der Waals surface area contributed by atoms with Crippen molar-refractivity contribution in [2.45, 2.75) is 51.5 Å². The Bertz CT molecular complexity index is 552. The second-order valence-electron chi connectivity index (χ2n) is 6.64. The number of carboxylic acid groups (broad SMARTS) is 1. The molecular weight excluding hydrogens is 298 g/mol. The van der Waals surface area contributed by atoms with Crippen molar-refractivity contribution in [2.24, 2.45) is 0 Å². The molecule has 1 aliphatic rings. The third-order valence-corrected chi connectivity index (χ3v) is 3.50. The summed E-state index contributed by atoms with van der Waals surface area (Å²) in [6.07, 6.45) is -0.666. The van der Waals surface area contributed by atoms with E-state index in [1.807, 2.05) is 30.3 Å². The minimum absolute atomic E-state index is 0.221. The zero-order valence-corrected chi connectivity index (χ0v) is 13.7. The van der Waals surface area contributed by atoms with E-state index >= 15 is 0 Å². The number of carbonyl (C=O) groups excluding carboxylic acids is 1. The largest absolute Gasteiger partial charge is 0.480 e. The van der Waals surface area contributed by atoms with Crippen LogP contribution in [0.4, 0.5) is 4.79 Å². The number of benzene rings is 1. The van der Waals surface area contributed by atoms with Gasteiger partial charge in [0.15, 0.2) is 0 Å². The maximum Gasteiger partial charge on any atom is 0.411 e. The third kappa shape index (κ3) is 4.96. The van der Waals surface area contributed by atoms with E-state index in [1.165, 1.54) is 4.90 Å². The topological polar surface area (TPSA) is 76.1 Å². The summed E-state index contributed by atoms with van der Waals surface area (Å²) >= 11 is 0. The molecule has 1 heterocycles. The predicted octanol–water partition coefficient (Wildman–Crippen LogP) is 2.67. The van der Waals surface area contributed by atoms with Crippen LogP contribution in [-0.4, -0.2) is 46.4 Å². The molecule has 0 unspecified atom stereocenters. The summed E-state index contributed by atoms with van der Waals surface area (Å²) in [5.41, 5.74) is 0.346. The van der Waals surface area contributed by atoms with Gasteiger partial charge in [-0.25, -0.2) is 9.59 Å². The van der Waals surface area contributed by atoms with Gasteiger partial charge in [-0.1, -0.05) is 30.3 Å². The molecule has 0 saturated carbocycles. The fraction of sp³-hybridized carbons (Fsp3) is 0.529. The number of amides is 1. The lowest BCUT2D eigenvalue weighted by Gasteiger charge is -2.26. The highest BCUT2D eigenvalue weighted by molar-refractivity contribution is 5.81. The Morgan fingerprint density at radius 3 is 2.48 bits per heavy atom. The van der Waals surface area contributed by atoms with E-state index in [2.05, 4.69) is 0 Å². The maximum absolute atomic E-state index is 12.2. The van der Waals surface area contributed by atoms with Gasteiger partial charge in [0.1, 0.15) is 11.6 Å². The van der Waals surface area contributed by atoms with E-state index in [9.17, 15) is 14.7 Å². The van der Waals surface area contributed by atoms with Gasteiger partial charge in [-0.3, -0.25) is 4.90 Å². The lowest BCUT2D eigenvalue weighted by atomic mass is 10.2. The lowest BCUT2D eigenvalue weighted by molar-refractivity contribution is -0.142. The van der Waals surface area contributed by atoms with Gasteiger partial charge in [0.2, 0.25) is 0 Å². The first kappa shape index (κ1) is 17.3. The van der Waals surface area contributed by atoms with Gasteiger partial charge in [0, 0.05) is 6.42 Å². The van der Waals surface area contributed by atoms with Crippen molar-refractivity contribution in [1.29, 1.82) is 0 Å². The van der Waals surface area contributed by atoms with Crippen LogP contribution in [0, 0.1) is 0 Å². The van der Waals surface area contributed by atoms with Gasteiger partial charge >= 0.3 is 12.1 Å². The Morgan fingerprint density at radius 2 is 1.91 bits per heavy atom. The Morgan fingerprint density at radius 1 is 1.26 bits per heavy atom. The van der Waals surface area contributed by atoms with E-state index in [1.54, 1.807) is 20.8 Å². The highest BCUT2D eigenvalue weighted by Crippen LogP contribution is 2.24. The first-order chi connectivity index (χ1) is 10.8. The van der Waals surface area contributed by atoms with Crippen molar-refractivity contribution in [3.63, 3.8) is 0 Å². The molecule has 2 atom stereocenters. The Kier molecular flexibility index (Phi) is 5.26. The van der Waals surface area contributed by atoms with Crippen LogP contribution in [-0.2, 0) is 20.9 Å². The molecule has 126 valence electrons. The highest BCUT2D eigenvalue weighted by atomic mass is 16.6. The van der Waals surface area contributed by atoms with Gasteiger partial charge in [0.25, 0.3) is 0 Å². The molecule has 23 heavy (non-hydrogen) atoms. The average molecular weight is 321 g/mol. The molecule has 1 aliphatic heterocycles. The highest BCUT2D eigenvalue weighted by Gasteiger charge is 2.42. The Balaban J connectivity index is 1.97. The second kappa shape index (κ2) is 7.00. The first-order valence-electron chi connectivity index (χ1n) is 7.64. The fourth-order valence-electron chi connectivity index (χ4n) is 2.46. The summed E-state index contributed by atoms with van der Waals surface area (Å²) in [5, 5.41) is 9.33. The zero-order valence-electron chi connectivity index (χ0n) is 13.7. The minimum atomic E-state index is -1.04. The van der Waals surface area contributed by atoms with Crippen molar-refractivity contribution >= 4 is 12.1 Å². The number of ether oxygens (including phenoxy) is 2. The summed E-state index contributed by atoms with van der Waals surface area (Å²) in [4.78, 5) is 24.8. The molecule has 1 aromatic carbocycles. The summed E-state index contributed by atoms with van der Waals surface area (Å²) < 4.78 is 11.0. The Hall–Kier alpha value is -2.08. The van der Waals surface area contributed by atoms with Crippen molar-refractivity contribution in [1.82, 2.24) is 4.90 Å². The number of carboxylic acids is 1. The van der Waals surface area contributed by atoms with E-state index in [0.717, 1.165) is 5.56 Å². The van der Waals surface area contributed by atoms with Crippen LogP contribution >= 0.6 is 0 Å². The SMILES string of the molecule is CC(C)(C)OC(=O)N1C[C@H](OCc2ccccc2)C[C@H]1C(=O)O. The monoisotopic (exact) mass is 321 g/mol. The minimum Gasteiger partial charge on any atom is -0.480 e. The van der Waals surface area contributed by atoms with Crippen LogP contribution in [0.3, 0.4) is 0 Å². The molecule has 0 bridgehead atoms. The zero-order chi connectivity index (χ0) is 17.0. The number of carbonyl (C=O) groups is 2. The molecule has 6 heteroatoms. The standard InChI is InChI=1S/C17H23NO5/c1-17(2,3)23-16(21)18-10-13(9-14(18)15(19)20)22-11-12-7-5-4-6-8-12/h4-8,13-14H,9-11H2,1-3H3,(H,19,20)/t13-,14+/m1/s1. The maximum atomic E-state index is 12.2. The van der Waals surface area contributed by atoms with Crippen LogP contribution in [0.5, 0.6) is 0 Å². The van der Waals surface area contributed by atoms with Crippen LogP contribution in [0.25, 0.3) is 0 Å².